The largest absolute Gasteiger partial charge is 0.346 e. The molecule has 3 aliphatic rings. The summed E-state index contributed by atoms with van der Waals surface area (Å²) in [6.45, 7) is 6.51. The van der Waals surface area contributed by atoms with Gasteiger partial charge in [0.2, 0.25) is 0 Å². The van der Waals surface area contributed by atoms with Crippen LogP contribution in [-0.4, -0.2) is 31.0 Å². The smallest absolute Gasteiger partial charge is 0.172 e. The van der Waals surface area contributed by atoms with E-state index in [2.05, 4.69) is 66.9 Å². The van der Waals surface area contributed by atoms with Gasteiger partial charge in [0.05, 0.1) is 17.2 Å². The first kappa shape index (κ1) is 18.7. The number of fused-ring (bicyclic) bond motifs is 1. The molecule has 0 aromatic heterocycles. The first-order valence-corrected chi connectivity index (χ1v) is 12.0. The lowest BCUT2D eigenvalue weighted by Crippen LogP contribution is -2.29. The maximum Gasteiger partial charge on any atom is 0.172 e. The maximum absolute atomic E-state index is 9.92. The van der Waals surface area contributed by atoms with E-state index in [1.54, 1.807) is 0 Å². The van der Waals surface area contributed by atoms with Crippen molar-refractivity contribution in [2.24, 2.45) is 5.10 Å². The average Bonchev–Trinajstić information content (AvgIpc) is 3.42. The summed E-state index contributed by atoms with van der Waals surface area (Å²) in [6, 6.07) is 18.9. The second-order valence-electron chi connectivity index (χ2n) is 8.57. The molecule has 1 atom stereocenters. The van der Waals surface area contributed by atoms with Crippen molar-refractivity contribution in [2.45, 2.75) is 32.1 Å². The molecule has 6 heteroatoms. The van der Waals surface area contributed by atoms with Crippen molar-refractivity contribution in [3.05, 3.63) is 71.2 Å². The van der Waals surface area contributed by atoms with Crippen LogP contribution < -0.4 is 9.68 Å². The SMILES string of the molecule is CN1/C(=C2/C=NN(c3ccccc3)[P@@]2(=N)N2CCCC2)C(C)(C)c2ccccc21. The zero-order valence-electron chi connectivity index (χ0n) is 17.3. The molecule has 2 aromatic carbocycles. The normalized spacial score (nSPS) is 28.4. The van der Waals surface area contributed by atoms with Gasteiger partial charge in [0.1, 0.15) is 0 Å². The Bertz CT molecular complexity index is 1050. The summed E-state index contributed by atoms with van der Waals surface area (Å²) in [5.41, 5.74) is 4.62. The van der Waals surface area contributed by atoms with Crippen LogP contribution in [0, 0.1) is 5.16 Å². The van der Waals surface area contributed by atoms with Gasteiger partial charge in [-0.2, -0.15) is 5.10 Å². The van der Waals surface area contributed by atoms with Crippen molar-refractivity contribution in [3.8, 4) is 0 Å². The highest BCUT2D eigenvalue weighted by atomic mass is 31.2. The highest BCUT2D eigenvalue weighted by Crippen LogP contribution is 2.68. The van der Waals surface area contributed by atoms with Crippen LogP contribution in [-0.2, 0) is 5.41 Å². The van der Waals surface area contributed by atoms with Gasteiger partial charge >= 0.3 is 0 Å². The van der Waals surface area contributed by atoms with Gasteiger partial charge in [-0.15, -0.1) is 0 Å². The fraction of sp³-hybridized carbons (Fsp3) is 0.348. The van der Waals surface area contributed by atoms with Crippen LogP contribution >= 0.6 is 7.36 Å². The van der Waals surface area contributed by atoms with Crippen molar-refractivity contribution >= 4 is 24.9 Å². The molecule has 0 aliphatic carbocycles. The van der Waals surface area contributed by atoms with Crippen LogP contribution in [0.3, 0.4) is 0 Å². The van der Waals surface area contributed by atoms with E-state index in [4.69, 9.17) is 5.10 Å². The van der Waals surface area contributed by atoms with Crippen molar-refractivity contribution in [3.63, 3.8) is 0 Å². The van der Waals surface area contributed by atoms with Gasteiger partial charge in [-0.1, -0.05) is 50.2 Å². The molecule has 1 fully saturated rings. The Labute approximate surface area is 173 Å². The number of nitrogens with one attached hydrogen (secondary N) is 1. The lowest BCUT2D eigenvalue weighted by Gasteiger charge is -2.38. The van der Waals surface area contributed by atoms with Crippen LogP contribution in [0.2, 0.25) is 0 Å². The molecule has 1 N–H and O–H groups in total. The van der Waals surface area contributed by atoms with Crippen molar-refractivity contribution in [1.82, 2.24) is 4.67 Å². The predicted molar refractivity (Wildman–Crippen MR) is 123 cm³/mol. The van der Waals surface area contributed by atoms with Gasteiger partial charge in [-0.25, -0.2) is 9.45 Å². The van der Waals surface area contributed by atoms with E-state index in [0.717, 1.165) is 36.9 Å². The summed E-state index contributed by atoms with van der Waals surface area (Å²) in [5.74, 6) is 0. The molecule has 0 bridgehead atoms. The summed E-state index contributed by atoms with van der Waals surface area (Å²) < 4.78 is 4.40. The Balaban J connectivity index is 1.73. The van der Waals surface area contributed by atoms with Crippen LogP contribution in [0.4, 0.5) is 11.4 Å². The lowest BCUT2D eigenvalue weighted by molar-refractivity contribution is 0.556. The van der Waals surface area contributed by atoms with Crippen LogP contribution in [0.1, 0.15) is 32.3 Å². The minimum atomic E-state index is -2.57. The molecule has 3 aliphatic heterocycles. The van der Waals surface area contributed by atoms with E-state index in [1.807, 2.05) is 29.2 Å². The molecular weight excluding hydrogens is 377 g/mol. The molecule has 0 amide bonds. The van der Waals surface area contributed by atoms with Gasteiger partial charge in [0.15, 0.2) is 7.36 Å². The van der Waals surface area contributed by atoms with E-state index in [1.165, 1.54) is 16.9 Å². The lowest BCUT2D eigenvalue weighted by atomic mass is 9.84. The number of hydrazone groups is 1. The Hall–Kier alpha value is -2.36. The summed E-state index contributed by atoms with van der Waals surface area (Å²) in [6.07, 6.45) is 4.29. The Morgan fingerprint density at radius 3 is 2.31 bits per heavy atom. The third-order valence-electron chi connectivity index (χ3n) is 6.49. The highest BCUT2D eigenvalue weighted by molar-refractivity contribution is 7.70. The molecule has 3 heterocycles. The first-order valence-electron chi connectivity index (χ1n) is 10.3. The topological polar surface area (TPSA) is 45.9 Å². The third-order valence-corrected chi connectivity index (χ3v) is 9.59. The van der Waals surface area contributed by atoms with Crippen LogP contribution in [0.5, 0.6) is 0 Å². The van der Waals surface area contributed by atoms with Crippen molar-refractivity contribution < 1.29 is 0 Å². The summed E-state index contributed by atoms with van der Waals surface area (Å²) in [5, 5.41) is 15.8. The van der Waals surface area contributed by atoms with Gasteiger partial charge in [-0.05, 0) is 36.6 Å². The minimum absolute atomic E-state index is 0.161. The second-order valence-corrected chi connectivity index (χ2v) is 11.2. The van der Waals surface area contributed by atoms with Crippen molar-refractivity contribution in [2.75, 3.05) is 29.8 Å². The van der Waals surface area contributed by atoms with E-state index < -0.39 is 7.36 Å². The standard InChI is InChI=1S/C23H28N5P/c1-23(2)19-13-7-8-14-20(19)26(3)22(23)21-17-25-28(18-11-5-4-6-12-18)29(21,24)27-15-9-10-16-27/h4-8,11-14,17,24H,9-10,15-16H2,1-3H3/b22-21-/t29-/m0/s1. The van der Waals surface area contributed by atoms with E-state index in [0.29, 0.717) is 0 Å². The quantitative estimate of drug-likeness (QED) is 0.639. The van der Waals surface area contributed by atoms with Gasteiger partial charge < -0.3 is 4.90 Å². The molecule has 5 nitrogen and oxygen atoms in total. The van der Waals surface area contributed by atoms with Gasteiger partial charge in [0.25, 0.3) is 0 Å². The molecule has 150 valence electrons. The predicted octanol–water partition coefficient (Wildman–Crippen LogP) is 5.84. The molecule has 0 radical (unpaired) electrons. The number of likely N-dealkylation sites (N-methyl/N-ethyl adjacent to an activating group) is 1. The molecule has 1 saturated heterocycles. The van der Waals surface area contributed by atoms with Crippen molar-refractivity contribution in [1.29, 1.82) is 5.16 Å². The zero-order valence-corrected chi connectivity index (χ0v) is 18.2. The zero-order chi connectivity index (χ0) is 20.2. The number of para-hydroxylation sites is 2. The Morgan fingerprint density at radius 1 is 0.966 bits per heavy atom. The fourth-order valence-corrected chi connectivity index (χ4v) is 8.30. The number of hydrogen-bond acceptors (Lipinski definition) is 3. The molecule has 0 unspecified atom stereocenters. The number of allylic oxidation sites excluding steroid dienone is 2. The maximum atomic E-state index is 9.92. The summed E-state index contributed by atoms with van der Waals surface area (Å²) >= 11 is 0. The number of anilines is 2. The van der Waals surface area contributed by atoms with Crippen LogP contribution in [0.15, 0.2) is 70.7 Å². The average molecular weight is 405 g/mol. The molecule has 5 rings (SSSR count). The van der Waals surface area contributed by atoms with Crippen LogP contribution in [0.25, 0.3) is 0 Å². The number of nitrogens with zero attached hydrogens (tertiary/aromatic N) is 4. The Morgan fingerprint density at radius 2 is 1.62 bits per heavy atom. The molecule has 0 spiro atoms. The van der Waals surface area contributed by atoms with E-state index >= 15 is 0 Å². The third kappa shape index (κ3) is 2.57. The van der Waals surface area contributed by atoms with Gasteiger partial charge in [-0.3, -0.25) is 5.16 Å². The second kappa shape index (κ2) is 6.58. The number of benzene rings is 2. The highest BCUT2D eigenvalue weighted by Gasteiger charge is 2.48. The molecule has 2 aromatic rings. The molecular formula is C23H28N5P. The molecule has 29 heavy (non-hydrogen) atoms. The number of rotatable bonds is 2. The van der Waals surface area contributed by atoms with Gasteiger partial charge in [0, 0.05) is 36.9 Å². The number of hydrogen-bond donors (Lipinski definition) is 1. The molecule has 0 saturated carbocycles. The summed E-state index contributed by atoms with van der Waals surface area (Å²) in [4.78, 5) is 2.30. The monoisotopic (exact) mass is 405 g/mol. The first-order chi connectivity index (χ1) is 14.0. The van der Waals surface area contributed by atoms with E-state index in [9.17, 15) is 5.16 Å². The van der Waals surface area contributed by atoms with E-state index in [-0.39, 0.29) is 5.41 Å². The fourth-order valence-electron chi connectivity index (χ4n) is 5.09. The minimum Gasteiger partial charge on any atom is -0.346 e. The Kier molecular flexibility index (Phi) is 4.23. The summed E-state index contributed by atoms with van der Waals surface area (Å²) in [7, 11) is -0.430.